The van der Waals surface area contributed by atoms with E-state index in [4.69, 9.17) is 5.11 Å². The van der Waals surface area contributed by atoms with Crippen LogP contribution in [0.1, 0.15) is 13.3 Å². The largest absolute Gasteiger partial charge is 0.481 e. The first-order valence-corrected chi connectivity index (χ1v) is 6.91. The molecule has 104 valence electrons. The smallest absolute Gasteiger partial charge is 0.304 e. The van der Waals surface area contributed by atoms with Crippen molar-refractivity contribution in [2.24, 2.45) is 0 Å². The van der Waals surface area contributed by atoms with Gasteiger partial charge < -0.3 is 10.4 Å². The highest BCUT2D eigenvalue weighted by Crippen LogP contribution is 2.09. The maximum absolute atomic E-state index is 12.9. The van der Waals surface area contributed by atoms with Gasteiger partial charge in [0, 0.05) is 21.7 Å². The maximum Gasteiger partial charge on any atom is 0.304 e. The zero-order chi connectivity index (χ0) is 14.4. The fourth-order valence-corrected chi connectivity index (χ4v) is 2.32. The Labute approximate surface area is 112 Å². The Hall–Kier alpha value is -1.76. The van der Waals surface area contributed by atoms with Gasteiger partial charge in [0.1, 0.15) is 11.6 Å². The first-order valence-electron chi connectivity index (χ1n) is 5.53. The molecule has 2 unspecified atom stereocenters. The molecule has 0 bridgehead atoms. The van der Waals surface area contributed by atoms with Gasteiger partial charge in [0.25, 0.3) is 0 Å². The van der Waals surface area contributed by atoms with Crippen LogP contribution in [0.5, 0.6) is 0 Å². The minimum atomic E-state index is -1.58. The third-order valence-electron chi connectivity index (χ3n) is 2.29. The van der Waals surface area contributed by atoms with Crippen molar-refractivity contribution in [2.45, 2.75) is 18.6 Å². The number of nitrogens with one attached hydrogen (secondary N) is 1. The number of carbonyl (C=O) groups is 2. The fourth-order valence-electron chi connectivity index (χ4n) is 1.37. The molecule has 1 rings (SSSR count). The standard InChI is InChI=1S/C12H14FNO4S/c1-8(5-12(16)17)19(18)7-11(15)14-10-4-2-3-9(13)6-10/h2-4,6,8H,5,7H2,1H3,(H,14,15)(H,16,17). The van der Waals surface area contributed by atoms with Crippen LogP contribution in [0.2, 0.25) is 0 Å². The van der Waals surface area contributed by atoms with Gasteiger partial charge in [-0.3, -0.25) is 13.8 Å². The number of benzene rings is 1. The first kappa shape index (κ1) is 15.3. The number of anilines is 1. The molecule has 0 aromatic heterocycles. The van der Waals surface area contributed by atoms with E-state index in [0.717, 1.165) is 6.07 Å². The summed E-state index contributed by atoms with van der Waals surface area (Å²) >= 11 is 0. The minimum Gasteiger partial charge on any atom is -0.481 e. The van der Waals surface area contributed by atoms with Crippen molar-refractivity contribution in [1.82, 2.24) is 0 Å². The molecule has 7 heteroatoms. The predicted octanol–water partition coefficient (Wildman–Crippen LogP) is 1.38. The fraction of sp³-hybridized carbons (Fsp3) is 0.333. The molecule has 1 amide bonds. The summed E-state index contributed by atoms with van der Waals surface area (Å²) in [6.07, 6.45) is -0.264. The molecule has 1 aromatic rings. The highest BCUT2D eigenvalue weighted by Gasteiger charge is 2.18. The van der Waals surface area contributed by atoms with Gasteiger partial charge in [-0.25, -0.2) is 4.39 Å². The average Bonchev–Trinajstić information content (AvgIpc) is 2.27. The van der Waals surface area contributed by atoms with Gasteiger partial charge in [-0.15, -0.1) is 0 Å². The molecule has 0 saturated heterocycles. The predicted molar refractivity (Wildman–Crippen MR) is 69.8 cm³/mol. The van der Waals surface area contributed by atoms with E-state index in [1.165, 1.54) is 25.1 Å². The Kier molecular flexibility index (Phi) is 5.62. The number of hydrogen-bond donors (Lipinski definition) is 2. The normalized spacial score (nSPS) is 13.6. The van der Waals surface area contributed by atoms with Crippen molar-refractivity contribution in [3.63, 3.8) is 0 Å². The van der Waals surface area contributed by atoms with Crippen molar-refractivity contribution in [1.29, 1.82) is 0 Å². The highest BCUT2D eigenvalue weighted by atomic mass is 32.2. The van der Waals surface area contributed by atoms with Crippen molar-refractivity contribution >= 4 is 28.4 Å². The number of carboxylic acids is 1. The van der Waals surface area contributed by atoms with Gasteiger partial charge in [0.2, 0.25) is 5.91 Å². The van der Waals surface area contributed by atoms with Crippen LogP contribution in [0.3, 0.4) is 0 Å². The van der Waals surface area contributed by atoms with Gasteiger partial charge in [-0.1, -0.05) is 13.0 Å². The molecule has 0 saturated carbocycles. The molecule has 0 spiro atoms. The lowest BCUT2D eigenvalue weighted by Crippen LogP contribution is -2.26. The Morgan fingerprint density at radius 3 is 2.74 bits per heavy atom. The van der Waals surface area contributed by atoms with E-state index in [1.54, 1.807) is 0 Å². The maximum atomic E-state index is 12.9. The monoisotopic (exact) mass is 287 g/mol. The summed E-state index contributed by atoms with van der Waals surface area (Å²) in [6, 6.07) is 5.32. The van der Waals surface area contributed by atoms with Crippen LogP contribution in [0.15, 0.2) is 24.3 Å². The average molecular weight is 287 g/mol. The van der Waals surface area contributed by atoms with E-state index in [9.17, 15) is 18.2 Å². The van der Waals surface area contributed by atoms with E-state index < -0.39 is 33.7 Å². The molecule has 2 N–H and O–H groups in total. The molecular formula is C12H14FNO4S. The second-order valence-corrected chi connectivity index (χ2v) is 5.85. The molecule has 5 nitrogen and oxygen atoms in total. The zero-order valence-electron chi connectivity index (χ0n) is 10.3. The van der Waals surface area contributed by atoms with Crippen LogP contribution in [0.4, 0.5) is 10.1 Å². The van der Waals surface area contributed by atoms with E-state index >= 15 is 0 Å². The lowest BCUT2D eigenvalue weighted by molar-refractivity contribution is -0.136. The lowest BCUT2D eigenvalue weighted by atomic mass is 10.3. The summed E-state index contributed by atoms with van der Waals surface area (Å²) in [5.41, 5.74) is 0.271. The summed E-state index contributed by atoms with van der Waals surface area (Å²) in [5.74, 6) is -2.41. The number of amides is 1. The van der Waals surface area contributed by atoms with Gasteiger partial charge >= 0.3 is 5.97 Å². The van der Waals surface area contributed by atoms with E-state index in [-0.39, 0.29) is 17.9 Å². The van der Waals surface area contributed by atoms with Crippen LogP contribution >= 0.6 is 0 Å². The Morgan fingerprint density at radius 1 is 1.47 bits per heavy atom. The number of carbonyl (C=O) groups excluding carboxylic acids is 1. The summed E-state index contributed by atoms with van der Waals surface area (Å²) in [7, 11) is -1.58. The second-order valence-electron chi connectivity index (χ2n) is 3.99. The molecular weight excluding hydrogens is 273 g/mol. The molecule has 0 aliphatic rings. The Bertz CT molecular complexity index is 506. The minimum absolute atomic E-state index is 0.264. The number of carboxylic acid groups (broad SMARTS) is 1. The van der Waals surface area contributed by atoms with Crippen molar-refractivity contribution in [3.05, 3.63) is 30.1 Å². The van der Waals surface area contributed by atoms with Gasteiger partial charge in [0.05, 0.1) is 6.42 Å². The molecule has 0 aliphatic heterocycles. The van der Waals surface area contributed by atoms with Crippen molar-refractivity contribution in [2.75, 3.05) is 11.1 Å². The van der Waals surface area contributed by atoms with Crippen LogP contribution in [0.25, 0.3) is 0 Å². The molecule has 0 radical (unpaired) electrons. The molecule has 1 aromatic carbocycles. The van der Waals surface area contributed by atoms with E-state index in [0.29, 0.717) is 0 Å². The highest BCUT2D eigenvalue weighted by molar-refractivity contribution is 7.86. The second kappa shape index (κ2) is 6.98. The summed E-state index contributed by atoms with van der Waals surface area (Å²) in [5, 5.41) is 10.3. The molecule has 0 fully saturated rings. The summed E-state index contributed by atoms with van der Waals surface area (Å²) in [6.45, 7) is 1.50. The van der Waals surface area contributed by atoms with E-state index in [1.807, 2.05) is 0 Å². The van der Waals surface area contributed by atoms with Crippen molar-refractivity contribution in [3.8, 4) is 0 Å². The van der Waals surface area contributed by atoms with Crippen molar-refractivity contribution < 1.29 is 23.3 Å². The molecule has 0 heterocycles. The zero-order valence-corrected chi connectivity index (χ0v) is 11.1. The third kappa shape index (κ3) is 5.60. The summed E-state index contributed by atoms with van der Waals surface area (Å²) < 4.78 is 24.5. The Morgan fingerprint density at radius 2 is 2.16 bits per heavy atom. The summed E-state index contributed by atoms with van der Waals surface area (Å²) in [4.78, 5) is 22.0. The number of halogens is 1. The lowest BCUT2D eigenvalue weighted by Gasteiger charge is -2.09. The number of rotatable bonds is 6. The van der Waals surface area contributed by atoms with Gasteiger partial charge in [-0.05, 0) is 18.2 Å². The van der Waals surface area contributed by atoms with Crippen LogP contribution < -0.4 is 5.32 Å². The topological polar surface area (TPSA) is 83.5 Å². The third-order valence-corrected chi connectivity index (χ3v) is 3.90. The molecule has 2 atom stereocenters. The van der Waals surface area contributed by atoms with Gasteiger partial charge in [-0.2, -0.15) is 0 Å². The van der Waals surface area contributed by atoms with Gasteiger partial charge in [0.15, 0.2) is 0 Å². The molecule has 19 heavy (non-hydrogen) atoms. The number of hydrogen-bond acceptors (Lipinski definition) is 3. The van der Waals surface area contributed by atoms with Crippen LogP contribution in [-0.4, -0.2) is 32.2 Å². The first-order chi connectivity index (χ1) is 8.88. The van der Waals surface area contributed by atoms with Crippen LogP contribution in [-0.2, 0) is 20.4 Å². The Balaban J connectivity index is 2.51. The quantitative estimate of drug-likeness (QED) is 0.828. The SMILES string of the molecule is CC(CC(=O)O)S(=O)CC(=O)Nc1cccc(F)c1. The van der Waals surface area contributed by atoms with E-state index in [2.05, 4.69) is 5.32 Å². The number of aliphatic carboxylic acids is 1. The van der Waals surface area contributed by atoms with Crippen LogP contribution in [0, 0.1) is 5.82 Å². The molecule has 0 aliphatic carbocycles.